The third-order valence-corrected chi connectivity index (χ3v) is 3.35. The summed E-state index contributed by atoms with van der Waals surface area (Å²) >= 11 is 0. The number of methoxy groups -OCH3 is 2. The standard InChI is InChI=1S/C13H18N2O3/c1-8-10(14)7-13(16)15(8)9-4-5-11(17-2)12(6-9)18-3/h4-6,8,10H,7,14H2,1-3H3. The first-order valence-electron chi connectivity index (χ1n) is 5.88. The summed E-state index contributed by atoms with van der Waals surface area (Å²) in [5, 5.41) is 0. The van der Waals surface area contributed by atoms with E-state index in [0.717, 1.165) is 5.69 Å². The molecule has 5 heteroatoms. The molecule has 98 valence electrons. The largest absolute Gasteiger partial charge is 0.493 e. The summed E-state index contributed by atoms with van der Waals surface area (Å²) in [5.41, 5.74) is 6.69. The highest BCUT2D eigenvalue weighted by molar-refractivity contribution is 5.97. The van der Waals surface area contributed by atoms with E-state index in [-0.39, 0.29) is 18.0 Å². The van der Waals surface area contributed by atoms with Crippen molar-refractivity contribution in [2.45, 2.75) is 25.4 Å². The quantitative estimate of drug-likeness (QED) is 0.874. The molecule has 1 heterocycles. The molecule has 2 N–H and O–H groups in total. The number of carbonyl (C=O) groups is 1. The van der Waals surface area contributed by atoms with E-state index in [9.17, 15) is 4.79 Å². The van der Waals surface area contributed by atoms with Crippen molar-refractivity contribution in [3.63, 3.8) is 0 Å². The summed E-state index contributed by atoms with van der Waals surface area (Å²) < 4.78 is 10.4. The van der Waals surface area contributed by atoms with Gasteiger partial charge in [-0.05, 0) is 19.1 Å². The third-order valence-electron chi connectivity index (χ3n) is 3.35. The van der Waals surface area contributed by atoms with Crippen molar-refractivity contribution in [2.24, 2.45) is 5.73 Å². The van der Waals surface area contributed by atoms with E-state index < -0.39 is 0 Å². The molecular formula is C13H18N2O3. The van der Waals surface area contributed by atoms with Crippen LogP contribution in [0.15, 0.2) is 18.2 Å². The van der Waals surface area contributed by atoms with Crippen LogP contribution in [0.25, 0.3) is 0 Å². The Labute approximate surface area is 106 Å². The van der Waals surface area contributed by atoms with Crippen molar-refractivity contribution < 1.29 is 14.3 Å². The molecule has 1 aromatic carbocycles. The average Bonchev–Trinajstić information content (AvgIpc) is 2.62. The predicted molar refractivity (Wildman–Crippen MR) is 69.1 cm³/mol. The minimum atomic E-state index is -0.120. The van der Waals surface area contributed by atoms with Crippen LogP contribution >= 0.6 is 0 Å². The number of nitrogens with zero attached hydrogens (tertiary/aromatic N) is 1. The van der Waals surface area contributed by atoms with Crippen LogP contribution in [0.1, 0.15) is 13.3 Å². The monoisotopic (exact) mass is 250 g/mol. The van der Waals surface area contributed by atoms with Crippen molar-refractivity contribution in [1.29, 1.82) is 0 Å². The van der Waals surface area contributed by atoms with Gasteiger partial charge in [-0.2, -0.15) is 0 Å². The van der Waals surface area contributed by atoms with Crippen molar-refractivity contribution >= 4 is 11.6 Å². The number of ether oxygens (including phenoxy) is 2. The second kappa shape index (κ2) is 4.86. The maximum Gasteiger partial charge on any atom is 0.228 e. The van der Waals surface area contributed by atoms with Gasteiger partial charge in [0.25, 0.3) is 0 Å². The molecule has 2 rings (SSSR count). The van der Waals surface area contributed by atoms with Crippen LogP contribution < -0.4 is 20.1 Å². The molecule has 0 saturated carbocycles. The molecule has 0 aromatic heterocycles. The highest BCUT2D eigenvalue weighted by Crippen LogP contribution is 2.34. The number of rotatable bonds is 3. The zero-order valence-corrected chi connectivity index (χ0v) is 10.8. The van der Waals surface area contributed by atoms with Gasteiger partial charge < -0.3 is 20.1 Å². The normalized spacial score (nSPS) is 23.3. The van der Waals surface area contributed by atoms with Gasteiger partial charge in [-0.15, -0.1) is 0 Å². The lowest BCUT2D eigenvalue weighted by Gasteiger charge is -2.24. The average molecular weight is 250 g/mol. The lowest BCUT2D eigenvalue weighted by atomic mass is 10.1. The summed E-state index contributed by atoms with van der Waals surface area (Å²) in [6.45, 7) is 1.95. The van der Waals surface area contributed by atoms with E-state index in [1.54, 1.807) is 31.3 Å². The fraction of sp³-hybridized carbons (Fsp3) is 0.462. The minimum absolute atomic E-state index is 0.00407. The minimum Gasteiger partial charge on any atom is -0.493 e. The van der Waals surface area contributed by atoms with Gasteiger partial charge in [-0.3, -0.25) is 4.79 Å². The Morgan fingerprint density at radius 2 is 1.94 bits per heavy atom. The zero-order chi connectivity index (χ0) is 13.3. The molecule has 5 nitrogen and oxygen atoms in total. The van der Waals surface area contributed by atoms with Crippen LogP contribution in [0.4, 0.5) is 5.69 Å². The molecule has 1 aliphatic rings. The smallest absolute Gasteiger partial charge is 0.228 e. The van der Waals surface area contributed by atoms with Crippen LogP contribution in [-0.4, -0.2) is 32.2 Å². The van der Waals surface area contributed by atoms with E-state index in [0.29, 0.717) is 17.9 Å². The molecule has 18 heavy (non-hydrogen) atoms. The molecule has 1 fully saturated rings. The van der Waals surface area contributed by atoms with Gasteiger partial charge in [-0.1, -0.05) is 0 Å². The topological polar surface area (TPSA) is 64.8 Å². The summed E-state index contributed by atoms with van der Waals surface area (Å²) in [7, 11) is 3.15. The van der Waals surface area contributed by atoms with E-state index in [1.165, 1.54) is 0 Å². The summed E-state index contributed by atoms with van der Waals surface area (Å²) in [4.78, 5) is 13.6. The Kier molecular flexibility index (Phi) is 3.43. The van der Waals surface area contributed by atoms with Gasteiger partial charge in [0.2, 0.25) is 5.91 Å². The lowest BCUT2D eigenvalue weighted by Crippen LogP contribution is -2.37. The molecule has 0 radical (unpaired) electrons. The van der Waals surface area contributed by atoms with Gasteiger partial charge >= 0.3 is 0 Å². The maximum absolute atomic E-state index is 11.9. The van der Waals surface area contributed by atoms with Crippen molar-refractivity contribution in [2.75, 3.05) is 19.1 Å². The number of hydrogen-bond acceptors (Lipinski definition) is 4. The van der Waals surface area contributed by atoms with Gasteiger partial charge in [0.15, 0.2) is 11.5 Å². The third kappa shape index (κ3) is 2.01. The van der Waals surface area contributed by atoms with Crippen LogP contribution in [0, 0.1) is 0 Å². The Hall–Kier alpha value is -1.75. The Bertz CT molecular complexity index is 462. The fourth-order valence-corrected chi connectivity index (χ4v) is 2.24. The number of amides is 1. The number of benzene rings is 1. The van der Waals surface area contributed by atoms with Crippen molar-refractivity contribution in [3.8, 4) is 11.5 Å². The van der Waals surface area contributed by atoms with Crippen molar-refractivity contribution in [3.05, 3.63) is 18.2 Å². The van der Waals surface area contributed by atoms with Gasteiger partial charge in [-0.25, -0.2) is 0 Å². The van der Waals surface area contributed by atoms with E-state index in [4.69, 9.17) is 15.2 Å². The van der Waals surface area contributed by atoms with Gasteiger partial charge in [0.05, 0.1) is 14.2 Å². The van der Waals surface area contributed by atoms with E-state index >= 15 is 0 Å². The number of hydrogen-bond donors (Lipinski definition) is 1. The van der Waals surface area contributed by atoms with Crippen LogP contribution in [-0.2, 0) is 4.79 Å². The Morgan fingerprint density at radius 1 is 1.28 bits per heavy atom. The fourth-order valence-electron chi connectivity index (χ4n) is 2.24. The summed E-state index contributed by atoms with van der Waals surface area (Å²) in [5.74, 6) is 1.29. The molecule has 1 aromatic rings. The number of carbonyl (C=O) groups excluding carboxylic acids is 1. The molecule has 0 aliphatic carbocycles. The van der Waals surface area contributed by atoms with Crippen LogP contribution in [0.5, 0.6) is 11.5 Å². The van der Waals surface area contributed by atoms with Gasteiger partial charge in [0, 0.05) is 30.3 Å². The number of anilines is 1. The van der Waals surface area contributed by atoms with E-state index in [1.807, 2.05) is 13.0 Å². The van der Waals surface area contributed by atoms with E-state index in [2.05, 4.69) is 0 Å². The molecule has 1 amide bonds. The highest BCUT2D eigenvalue weighted by atomic mass is 16.5. The number of nitrogens with two attached hydrogens (primary N) is 1. The van der Waals surface area contributed by atoms with Gasteiger partial charge in [0.1, 0.15) is 0 Å². The molecule has 2 atom stereocenters. The summed E-state index contributed by atoms with van der Waals surface area (Å²) in [6, 6.07) is 5.30. The molecular weight excluding hydrogens is 232 g/mol. The molecule has 1 aliphatic heterocycles. The first-order valence-corrected chi connectivity index (χ1v) is 5.88. The summed E-state index contributed by atoms with van der Waals surface area (Å²) in [6.07, 6.45) is 0.384. The van der Waals surface area contributed by atoms with Crippen LogP contribution in [0.3, 0.4) is 0 Å². The SMILES string of the molecule is COc1ccc(N2C(=O)CC(N)C2C)cc1OC. The molecule has 1 saturated heterocycles. The highest BCUT2D eigenvalue weighted by Gasteiger charge is 2.35. The lowest BCUT2D eigenvalue weighted by molar-refractivity contribution is -0.117. The second-order valence-corrected chi connectivity index (χ2v) is 4.41. The van der Waals surface area contributed by atoms with Crippen LogP contribution in [0.2, 0.25) is 0 Å². The Balaban J connectivity index is 2.37. The molecule has 0 spiro atoms. The maximum atomic E-state index is 11.9. The second-order valence-electron chi connectivity index (χ2n) is 4.41. The van der Waals surface area contributed by atoms with Crippen molar-refractivity contribution in [1.82, 2.24) is 0 Å². The first kappa shape index (κ1) is 12.7. The molecule has 2 unspecified atom stereocenters. The Morgan fingerprint density at radius 3 is 2.44 bits per heavy atom. The molecule has 0 bridgehead atoms. The predicted octanol–water partition coefficient (Wildman–Crippen LogP) is 1.16. The zero-order valence-electron chi connectivity index (χ0n) is 10.8. The first-order chi connectivity index (χ1) is 8.58.